The lowest BCUT2D eigenvalue weighted by Gasteiger charge is -2.33. The van der Waals surface area contributed by atoms with Crippen LogP contribution in [0.25, 0.3) is 44.5 Å². The summed E-state index contributed by atoms with van der Waals surface area (Å²) in [4.78, 5) is 213. The molecule has 0 fully saturated rings. The molecule has 2 aliphatic carbocycles. The summed E-state index contributed by atoms with van der Waals surface area (Å²) in [5.74, 6) is -0.174. The third-order valence-corrected chi connectivity index (χ3v) is 20.7. The second kappa shape index (κ2) is 84.8. The fourth-order valence-electron chi connectivity index (χ4n) is 14.0. The minimum Gasteiger partial charge on any atom is -0.460 e. The molecule has 826 valence electrons. The molecule has 0 saturated heterocycles. The lowest BCUT2D eigenvalue weighted by Crippen LogP contribution is -2.27. The van der Waals surface area contributed by atoms with Gasteiger partial charge in [-0.15, -0.1) is 0 Å². The molecule has 48 heteroatoms. The molecule has 2 N–H and O–H groups in total. The van der Waals surface area contributed by atoms with Gasteiger partial charge in [0.1, 0.15) is 270 Å². The Bertz CT molecular complexity index is 3850. The quantitative estimate of drug-likeness (QED) is 0.0163. The average Bonchev–Trinajstić information content (AvgIpc) is 1.56. The van der Waals surface area contributed by atoms with Crippen LogP contribution in [0.5, 0.6) is 0 Å². The van der Waals surface area contributed by atoms with E-state index in [9.17, 15) is 4.79 Å². The summed E-state index contributed by atoms with van der Waals surface area (Å²) in [6.45, 7) is 16.0. The van der Waals surface area contributed by atoms with Crippen LogP contribution in [0.1, 0.15) is 113 Å². The van der Waals surface area contributed by atoms with Crippen LogP contribution in [-0.4, -0.2) is 336 Å². The Kier molecular flexibility index (Phi) is 73.8. The van der Waals surface area contributed by atoms with Crippen LogP contribution in [0.2, 0.25) is 0 Å². The van der Waals surface area contributed by atoms with E-state index in [1.807, 2.05) is 20.8 Å². The predicted octanol–water partition coefficient (Wildman–Crippen LogP) is 12.0. The number of carbonyl (C=O) groups excluding carboxylic acids is 1. The Morgan fingerprint density at radius 3 is 0.766 bits per heavy atom. The van der Waals surface area contributed by atoms with Gasteiger partial charge < -0.3 is 29.4 Å². The summed E-state index contributed by atoms with van der Waals surface area (Å²) in [7, 11) is 3.13. The Morgan fingerprint density at radius 2 is 0.497 bits per heavy atom. The van der Waals surface area contributed by atoms with Crippen molar-refractivity contribution in [3.8, 4) is 44.5 Å². The highest BCUT2D eigenvalue weighted by molar-refractivity contribution is 9.10. The molecule has 47 nitrogen and oxygen atoms in total. The highest BCUT2D eigenvalue weighted by Gasteiger charge is 2.44. The molecule has 0 amide bonds. The molecule has 0 spiro atoms. The number of nitrogens with two attached hydrogens (primary N) is 1. The first kappa shape index (κ1) is 126. The Morgan fingerprint density at radius 1 is 0.262 bits per heavy atom. The fourth-order valence-corrected chi connectivity index (χ4v) is 14.4. The number of rotatable bonds is 104. The predicted molar refractivity (Wildman–Crippen MR) is 507 cm³/mol. The number of benzene rings is 5. The molecule has 0 heterocycles. The Labute approximate surface area is 854 Å². The number of aryl methyl sites for hydroxylation is 1. The molecule has 2 aliphatic rings. The van der Waals surface area contributed by atoms with E-state index < -0.39 is 11.0 Å². The third kappa shape index (κ3) is 57.5. The zero-order valence-electron chi connectivity index (χ0n) is 84.3. The summed E-state index contributed by atoms with van der Waals surface area (Å²) < 4.78 is 28.6. The van der Waals surface area contributed by atoms with Gasteiger partial charge in [0.25, 0.3) is 0 Å². The topological polar surface area (TPSA) is 458 Å². The van der Waals surface area contributed by atoms with Gasteiger partial charge in [0.2, 0.25) is 0 Å². The van der Waals surface area contributed by atoms with Crippen LogP contribution >= 0.6 is 15.9 Å². The highest BCUT2D eigenvalue weighted by Crippen LogP contribution is 2.57. The van der Waals surface area contributed by atoms with Crippen LogP contribution in [0, 0.1) is 0 Å². The number of carbonyl (C=O) groups is 1. The molecule has 0 aromatic heterocycles. The Hall–Kier alpha value is -5.75. The first-order chi connectivity index (χ1) is 71.4. The molecule has 0 bridgehead atoms. The van der Waals surface area contributed by atoms with Crippen LogP contribution in [0.4, 0.5) is 0 Å². The molecule has 145 heavy (non-hydrogen) atoms. The average molecular weight is 2150 g/mol. The van der Waals surface area contributed by atoms with Crippen molar-refractivity contribution in [2.75, 3.05) is 325 Å². The summed E-state index contributed by atoms with van der Waals surface area (Å²) in [6, 6.07) is 36.3. The minimum absolute atomic E-state index is 0.0816. The summed E-state index contributed by atoms with van der Waals surface area (Å²) in [6.07, 6.45) is 7.75. The number of fused-ring (bicyclic) bond motifs is 6. The van der Waals surface area contributed by atoms with Gasteiger partial charge >= 0.3 is 5.97 Å². The third-order valence-electron chi connectivity index (χ3n) is 20.2. The summed E-state index contributed by atoms with van der Waals surface area (Å²) >= 11 is 3.87. The van der Waals surface area contributed by atoms with Gasteiger partial charge in [-0.2, -0.15) is 0 Å². The van der Waals surface area contributed by atoms with E-state index in [2.05, 4.69) is 120 Å². The van der Waals surface area contributed by atoms with Crippen LogP contribution < -0.4 is 5.73 Å². The number of ether oxygens (including phenoxy) is 5. The number of esters is 1. The van der Waals surface area contributed by atoms with Crippen LogP contribution in [-0.2, 0) is 241 Å². The first-order valence-corrected chi connectivity index (χ1v) is 49.5. The van der Waals surface area contributed by atoms with Gasteiger partial charge in [0.05, 0.1) is 26.4 Å². The molecular formula is C97H150BrNO46. The largest absolute Gasteiger partial charge is 0.460 e. The highest BCUT2D eigenvalue weighted by atomic mass is 79.9. The van der Waals surface area contributed by atoms with Crippen molar-refractivity contribution in [3.63, 3.8) is 0 Å². The van der Waals surface area contributed by atoms with Crippen LogP contribution in [0.3, 0.4) is 0 Å². The van der Waals surface area contributed by atoms with Crippen molar-refractivity contribution < 1.29 is 224 Å². The van der Waals surface area contributed by atoms with Crippen molar-refractivity contribution >= 4 is 21.9 Å². The van der Waals surface area contributed by atoms with Gasteiger partial charge in [0.15, 0.2) is 0 Å². The molecule has 7 rings (SSSR count). The second-order valence-electron chi connectivity index (χ2n) is 32.1. The monoisotopic (exact) mass is 2140 g/mol. The van der Waals surface area contributed by atoms with E-state index in [0.717, 1.165) is 84.5 Å². The van der Waals surface area contributed by atoms with E-state index in [4.69, 9.17) is 225 Å². The molecule has 0 saturated carbocycles. The van der Waals surface area contributed by atoms with Crippen molar-refractivity contribution in [1.82, 2.24) is 0 Å². The van der Waals surface area contributed by atoms with E-state index in [1.54, 1.807) is 14.2 Å². The fraction of sp³-hybridized carbons (Fsp3) is 0.680. The van der Waals surface area contributed by atoms with Gasteiger partial charge in [-0.05, 0) is 181 Å². The number of methoxy groups -OCH3 is 2. The van der Waals surface area contributed by atoms with Gasteiger partial charge in [-0.25, -0.2) is 196 Å². The SMILES string of the molecule is COCCOOCCOOCCOOCCOOCCOOCCOOCCOOCCOOCCOOCCOOCCOCCCC1(CCCOCCOOCCOOCCOOCCOOCCOOCCOOCCOOCCOOCCOOCCOOCCOC)c2cc(Br)ccc2-c2ccc(-c3ccc4c(c3)C(C)(CCCCN)c3cc(-c5ccc(CCCC(=O)OC(C)(C)C)cc5)ccc3-4)cc21. The second-order valence-corrected chi connectivity index (χ2v) is 33.0. The number of hydrogen-bond acceptors (Lipinski definition) is 47. The number of halogens is 1. The maximum Gasteiger partial charge on any atom is 0.306 e. The van der Waals surface area contributed by atoms with Crippen molar-refractivity contribution in [3.05, 3.63) is 129 Å². The zero-order valence-corrected chi connectivity index (χ0v) is 85.9. The normalized spacial score (nSPS) is 13.7. The van der Waals surface area contributed by atoms with E-state index >= 15 is 0 Å². The van der Waals surface area contributed by atoms with Gasteiger partial charge in [-0.1, -0.05) is 96.0 Å². The Balaban J connectivity index is 0.739. The molecule has 5 aromatic rings. The lowest BCUT2D eigenvalue weighted by molar-refractivity contribution is -0.379. The standard InChI is InChI=1S/C97H150BrNO46/c1-95(2,3)145-94(100)13-9-12-80-14-16-81(17-15-80)82-18-22-86-87-23-19-83(77-91(87)96(4,90(86)76-82)26-7-8-29-99)84-20-24-88-89-25-21-85(98)79-93(89)97(92(88)78-84,27-10-30-103-34-38-107-111-42-46-115-119-50-54-123-127-58-62-131-135-66-70-139-143-74-72-141-137-68-64-133-129-60-56-125-121-52-48-117-113-44-40-109-105-36-32-101-5)28-11-31-104-35-39-108-112-43-47-116-120-51-55-124-128-59-63-132-136-67-71-140-144-75-73-142-138-69-65-134-130-61-57-126-122-53-49-118-114-45-41-110-106-37-33-102-6/h14-25,76-79H,7-13,26-75,99H2,1-6H3. The minimum atomic E-state index is -0.506. The van der Waals surface area contributed by atoms with Crippen LogP contribution in [0.15, 0.2) is 102 Å². The summed E-state index contributed by atoms with van der Waals surface area (Å²) in [5.41, 5.74) is 20.7. The lowest BCUT2D eigenvalue weighted by atomic mass is 9.71. The summed E-state index contributed by atoms with van der Waals surface area (Å²) in [5, 5.41) is 0. The van der Waals surface area contributed by atoms with Gasteiger partial charge in [0, 0.05) is 49.2 Å². The molecule has 0 radical (unpaired) electrons. The number of hydrogen-bond donors (Lipinski definition) is 1. The zero-order chi connectivity index (χ0) is 103. The first-order valence-electron chi connectivity index (χ1n) is 48.7. The molecular weight excluding hydrogens is 1990 g/mol. The smallest absolute Gasteiger partial charge is 0.306 e. The number of unbranched alkanes of at least 4 members (excludes halogenated alkanes) is 1. The van der Waals surface area contributed by atoms with Gasteiger partial charge in [-0.3, -0.25) is 4.79 Å². The molecule has 0 aliphatic heterocycles. The van der Waals surface area contributed by atoms with E-state index in [0.29, 0.717) is 65.8 Å². The van der Waals surface area contributed by atoms with Crippen molar-refractivity contribution in [1.29, 1.82) is 0 Å². The molecule has 1 unspecified atom stereocenters. The maximum atomic E-state index is 12.5. The molecule has 1 atom stereocenters. The van der Waals surface area contributed by atoms with E-state index in [1.165, 1.54) is 50.1 Å². The van der Waals surface area contributed by atoms with Crippen molar-refractivity contribution in [2.45, 2.75) is 108 Å². The van der Waals surface area contributed by atoms with Crippen molar-refractivity contribution in [2.24, 2.45) is 5.73 Å². The van der Waals surface area contributed by atoms with E-state index in [-0.39, 0.29) is 262 Å². The molecule has 5 aromatic carbocycles. The maximum absolute atomic E-state index is 12.5.